The lowest BCUT2D eigenvalue weighted by Crippen LogP contribution is -2.09. The Balaban J connectivity index is 2.43. The molecule has 1 aromatic carbocycles. The smallest absolute Gasteiger partial charge is 0.168 e. The second-order valence-electron chi connectivity index (χ2n) is 3.88. The monoisotopic (exact) mass is 214 g/mol. The lowest BCUT2D eigenvalue weighted by atomic mass is 10.0. The lowest BCUT2D eigenvalue weighted by Gasteiger charge is -2.17. The molecule has 0 saturated heterocycles. The van der Waals surface area contributed by atoms with Crippen molar-refractivity contribution in [1.29, 1.82) is 0 Å². The summed E-state index contributed by atoms with van der Waals surface area (Å²) in [7, 11) is 0. The number of hydrogen-bond acceptors (Lipinski definition) is 2. The van der Waals surface area contributed by atoms with Gasteiger partial charge in [0, 0.05) is 0 Å². The van der Waals surface area contributed by atoms with Gasteiger partial charge < -0.3 is 4.57 Å². The molecule has 0 saturated carbocycles. The quantitative estimate of drug-likeness (QED) is 0.736. The molecule has 2 aromatic rings. The van der Waals surface area contributed by atoms with Gasteiger partial charge in [0.05, 0.1) is 18.6 Å². The predicted molar refractivity (Wildman–Crippen MR) is 62.6 cm³/mol. The molecule has 1 heterocycles. The van der Waals surface area contributed by atoms with Crippen LogP contribution in [0, 0.1) is 6.92 Å². The van der Waals surface area contributed by atoms with Crippen LogP contribution in [0.25, 0.3) is 0 Å². The average molecular weight is 214 g/mol. The summed E-state index contributed by atoms with van der Waals surface area (Å²) >= 11 is 0. The van der Waals surface area contributed by atoms with E-state index in [9.17, 15) is 4.79 Å². The van der Waals surface area contributed by atoms with E-state index in [1.807, 2.05) is 16.7 Å². The maximum atomic E-state index is 10.8. The number of hydrogen-bond donors (Lipinski definition) is 0. The Bertz CT molecular complexity index is 502. The number of carbonyl (C=O) groups is 1. The minimum absolute atomic E-state index is 0.129. The van der Waals surface area contributed by atoms with E-state index in [0.29, 0.717) is 5.69 Å². The van der Waals surface area contributed by atoms with Crippen molar-refractivity contribution in [2.24, 2.45) is 0 Å². The molecule has 0 radical (unpaired) electrons. The molecule has 0 amide bonds. The van der Waals surface area contributed by atoms with Crippen molar-refractivity contribution in [1.82, 2.24) is 9.55 Å². The Labute approximate surface area is 94.7 Å². The van der Waals surface area contributed by atoms with Crippen LogP contribution < -0.4 is 0 Å². The van der Waals surface area contributed by atoms with Crippen LogP contribution >= 0.6 is 0 Å². The first kappa shape index (κ1) is 10.6. The first-order chi connectivity index (χ1) is 7.74. The Morgan fingerprint density at radius 1 is 1.38 bits per heavy atom. The summed E-state index contributed by atoms with van der Waals surface area (Å²) in [6, 6.07) is 8.30. The SMILES string of the molecule is Cc1ccccc1C(C)n1cncc1C=O. The first-order valence-corrected chi connectivity index (χ1v) is 5.26. The molecule has 2 rings (SSSR count). The van der Waals surface area contributed by atoms with Gasteiger partial charge in [-0.3, -0.25) is 4.79 Å². The van der Waals surface area contributed by atoms with Crippen LogP contribution in [0.2, 0.25) is 0 Å². The average Bonchev–Trinajstić information content (AvgIpc) is 2.77. The molecule has 0 N–H and O–H groups in total. The van der Waals surface area contributed by atoms with Crippen LogP contribution in [0.4, 0.5) is 0 Å². The Morgan fingerprint density at radius 2 is 2.12 bits per heavy atom. The normalized spacial score (nSPS) is 12.4. The number of nitrogens with zero attached hydrogens (tertiary/aromatic N) is 2. The van der Waals surface area contributed by atoms with Crippen LogP contribution in [-0.4, -0.2) is 15.8 Å². The third-order valence-electron chi connectivity index (χ3n) is 2.87. The summed E-state index contributed by atoms with van der Waals surface area (Å²) in [5, 5.41) is 0. The molecule has 1 aromatic heterocycles. The molecule has 0 bridgehead atoms. The highest BCUT2D eigenvalue weighted by Crippen LogP contribution is 2.21. The van der Waals surface area contributed by atoms with Gasteiger partial charge in [0.2, 0.25) is 0 Å². The highest BCUT2D eigenvalue weighted by molar-refractivity contribution is 5.71. The topological polar surface area (TPSA) is 34.9 Å². The van der Waals surface area contributed by atoms with Crippen molar-refractivity contribution >= 4 is 6.29 Å². The van der Waals surface area contributed by atoms with Gasteiger partial charge >= 0.3 is 0 Å². The van der Waals surface area contributed by atoms with Gasteiger partial charge in [-0.05, 0) is 25.0 Å². The predicted octanol–water partition coefficient (Wildman–Crippen LogP) is 2.61. The highest BCUT2D eigenvalue weighted by Gasteiger charge is 2.12. The fourth-order valence-corrected chi connectivity index (χ4v) is 1.94. The summed E-state index contributed by atoms with van der Waals surface area (Å²) in [4.78, 5) is 14.8. The van der Waals surface area contributed by atoms with Gasteiger partial charge in [-0.25, -0.2) is 4.98 Å². The zero-order valence-electron chi connectivity index (χ0n) is 9.42. The molecule has 0 spiro atoms. The number of carbonyl (C=O) groups excluding carboxylic acids is 1. The number of aryl methyl sites for hydroxylation is 1. The van der Waals surface area contributed by atoms with Crippen LogP contribution in [0.15, 0.2) is 36.8 Å². The molecule has 0 aliphatic rings. The fraction of sp³-hybridized carbons (Fsp3) is 0.231. The van der Waals surface area contributed by atoms with E-state index < -0.39 is 0 Å². The minimum Gasteiger partial charge on any atom is -0.321 e. The molecule has 82 valence electrons. The van der Waals surface area contributed by atoms with Crippen molar-refractivity contribution in [2.75, 3.05) is 0 Å². The second-order valence-corrected chi connectivity index (χ2v) is 3.88. The second kappa shape index (κ2) is 4.31. The number of imidazole rings is 1. The van der Waals surface area contributed by atoms with Crippen LogP contribution in [0.5, 0.6) is 0 Å². The summed E-state index contributed by atoms with van der Waals surface area (Å²) in [6.45, 7) is 4.14. The molecular formula is C13H14N2O. The molecular weight excluding hydrogens is 200 g/mol. The zero-order valence-corrected chi connectivity index (χ0v) is 9.42. The molecule has 3 nitrogen and oxygen atoms in total. The van der Waals surface area contributed by atoms with Crippen LogP contribution in [0.3, 0.4) is 0 Å². The van der Waals surface area contributed by atoms with Gasteiger partial charge in [0.15, 0.2) is 6.29 Å². The van der Waals surface area contributed by atoms with Gasteiger partial charge in [-0.2, -0.15) is 0 Å². The van der Waals surface area contributed by atoms with Gasteiger partial charge in [-0.15, -0.1) is 0 Å². The molecule has 16 heavy (non-hydrogen) atoms. The largest absolute Gasteiger partial charge is 0.321 e. The third kappa shape index (κ3) is 1.76. The number of aromatic nitrogens is 2. The maximum Gasteiger partial charge on any atom is 0.168 e. The van der Waals surface area contributed by atoms with Gasteiger partial charge in [-0.1, -0.05) is 24.3 Å². The van der Waals surface area contributed by atoms with E-state index in [4.69, 9.17) is 0 Å². The van der Waals surface area contributed by atoms with Gasteiger partial charge in [0.1, 0.15) is 5.69 Å². The van der Waals surface area contributed by atoms with E-state index >= 15 is 0 Å². The van der Waals surface area contributed by atoms with Crippen LogP contribution in [0.1, 0.15) is 34.6 Å². The van der Waals surface area contributed by atoms with E-state index in [2.05, 4.69) is 31.0 Å². The van der Waals surface area contributed by atoms with E-state index in [-0.39, 0.29) is 6.04 Å². The van der Waals surface area contributed by atoms with E-state index in [1.165, 1.54) is 11.1 Å². The summed E-state index contributed by atoms with van der Waals surface area (Å²) in [6.07, 6.45) is 4.12. The number of benzene rings is 1. The van der Waals surface area contributed by atoms with Crippen molar-refractivity contribution in [3.05, 3.63) is 53.6 Å². The van der Waals surface area contributed by atoms with E-state index in [0.717, 1.165) is 6.29 Å². The zero-order chi connectivity index (χ0) is 11.5. The van der Waals surface area contributed by atoms with Gasteiger partial charge in [0.25, 0.3) is 0 Å². The molecule has 1 atom stereocenters. The first-order valence-electron chi connectivity index (χ1n) is 5.26. The lowest BCUT2D eigenvalue weighted by molar-refractivity contribution is 0.111. The van der Waals surface area contributed by atoms with Crippen molar-refractivity contribution in [2.45, 2.75) is 19.9 Å². The number of rotatable bonds is 3. The summed E-state index contributed by atoms with van der Waals surface area (Å²) in [5.41, 5.74) is 3.04. The summed E-state index contributed by atoms with van der Waals surface area (Å²) in [5.74, 6) is 0. The third-order valence-corrected chi connectivity index (χ3v) is 2.87. The van der Waals surface area contributed by atoms with Crippen molar-refractivity contribution < 1.29 is 4.79 Å². The Hall–Kier alpha value is -1.90. The minimum atomic E-state index is 0.129. The molecule has 0 aliphatic heterocycles. The highest BCUT2D eigenvalue weighted by atomic mass is 16.1. The molecule has 0 aliphatic carbocycles. The molecule has 1 unspecified atom stereocenters. The van der Waals surface area contributed by atoms with Crippen molar-refractivity contribution in [3.63, 3.8) is 0 Å². The van der Waals surface area contributed by atoms with Crippen LogP contribution in [-0.2, 0) is 0 Å². The Morgan fingerprint density at radius 3 is 2.81 bits per heavy atom. The fourth-order valence-electron chi connectivity index (χ4n) is 1.94. The van der Waals surface area contributed by atoms with Crippen molar-refractivity contribution in [3.8, 4) is 0 Å². The molecule has 3 heteroatoms. The maximum absolute atomic E-state index is 10.8. The standard InChI is InChI=1S/C13H14N2O/c1-10-5-3-4-6-13(10)11(2)15-9-14-7-12(15)8-16/h3-9,11H,1-2H3. The number of aldehydes is 1. The molecule has 0 fully saturated rings. The summed E-state index contributed by atoms with van der Waals surface area (Å²) < 4.78 is 1.88. The van der Waals surface area contributed by atoms with E-state index in [1.54, 1.807) is 12.5 Å². The Kier molecular flexibility index (Phi) is 2.86.